The van der Waals surface area contributed by atoms with Crippen LogP contribution in [0.15, 0.2) is 0 Å². The highest BCUT2D eigenvalue weighted by Crippen LogP contribution is 2.20. The minimum atomic E-state index is -0.234. The summed E-state index contributed by atoms with van der Waals surface area (Å²) < 4.78 is 22.5. The van der Waals surface area contributed by atoms with Gasteiger partial charge in [-0.25, -0.2) is 0 Å². The molecule has 3 nitrogen and oxygen atoms in total. The molecule has 0 radical (unpaired) electrons. The van der Waals surface area contributed by atoms with Crippen LogP contribution >= 0.6 is 0 Å². The molecule has 0 unspecified atom stereocenters. The van der Waals surface area contributed by atoms with E-state index in [1.165, 1.54) is 0 Å². The molecule has 0 amide bonds. The Labute approximate surface area is 98.2 Å². The molecule has 0 bridgehead atoms. The van der Waals surface area contributed by atoms with Gasteiger partial charge in [-0.3, -0.25) is 0 Å². The maximum atomic E-state index is 11.5. The summed E-state index contributed by atoms with van der Waals surface area (Å²) in [6.45, 7) is 8.84. The van der Waals surface area contributed by atoms with Gasteiger partial charge >= 0.3 is 0 Å². The molecule has 0 N–H and O–H groups in total. The zero-order chi connectivity index (χ0) is 12.7. The number of rotatable bonds is 9. The van der Waals surface area contributed by atoms with E-state index in [9.17, 15) is 4.53 Å². The van der Waals surface area contributed by atoms with Gasteiger partial charge in [0.15, 0.2) is 0 Å². The molecular weight excluding hydrogens is 211 g/mol. The molecule has 0 aromatic rings. The first-order valence-corrected chi connectivity index (χ1v) is 5.76. The van der Waals surface area contributed by atoms with Crippen molar-refractivity contribution in [1.82, 2.24) is 0 Å². The highest BCUT2D eigenvalue weighted by Gasteiger charge is 2.21. The van der Waals surface area contributed by atoms with E-state index in [1.807, 2.05) is 27.7 Å². The Bertz CT molecular complexity index is 181. The fourth-order valence-electron chi connectivity index (χ4n) is 1.30. The minimum Gasteiger partial charge on any atom is -0.379 e. The Hall–Kier alpha value is -0.190. The maximum absolute atomic E-state index is 11.5. The third-order valence-electron chi connectivity index (χ3n) is 2.75. The molecule has 0 spiro atoms. The van der Waals surface area contributed by atoms with E-state index in [1.54, 1.807) is 7.11 Å². The lowest BCUT2D eigenvalue weighted by molar-refractivity contribution is -0.138. The van der Waals surface area contributed by atoms with Crippen molar-refractivity contribution >= 4 is 0 Å². The van der Waals surface area contributed by atoms with Crippen molar-refractivity contribution in [2.75, 3.05) is 20.3 Å². The molecular formula is C12H25FO3. The Morgan fingerprint density at radius 3 is 2.06 bits per heavy atom. The van der Waals surface area contributed by atoms with Crippen molar-refractivity contribution in [2.45, 2.75) is 58.2 Å². The van der Waals surface area contributed by atoms with E-state index in [2.05, 4.69) is 4.94 Å². The van der Waals surface area contributed by atoms with Crippen molar-refractivity contribution in [3.63, 3.8) is 0 Å². The van der Waals surface area contributed by atoms with Gasteiger partial charge in [-0.15, -0.1) is 0 Å². The summed E-state index contributed by atoms with van der Waals surface area (Å²) in [5.41, 5.74) is -0.388. The molecule has 98 valence electrons. The number of halogens is 1. The first-order valence-electron chi connectivity index (χ1n) is 5.76. The SMILES string of the molecule is COC(C)(C)CCOC(C)(C)CCCOF. The number of ether oxygens (including phenoxy) is 2. The van der Waals surface area contributed by atoms with Gasteiger partial charge in [0.25, 0.3) is 0 Å². The van der Waals surface area contributed by atoms with Gasteiger partial charge in [-0.05, 0) is 51.5 Å². The lowest BCUT2D eigenvalue weighted by Gasteiger charge is -2.28. The van der Waals surface area contributed by atoms with Crippen molar-refractivity contribution in [1.29, 1.82) is 0 Å². The molecule has 4 heteroatoms. The summed E-state index contributed by atoms with van der Waals surface area (Å²) in [6.07, 6.45) is 2.29. The average Bonchev–Trinajstić information content (AvgIpc) is 2.17. The van der Waals surface area contributed by atoms with Gasteiger partial charge in [0.1, 0.15) is 0 Å². The van der Waals surface area contributed by atoms with Crippen LogP contribution in [0.4, 0.5) is 4.53 Å². The minimum absolute atomic E-state index is 0.135. The predicted molar refractivity (Wildman–Crippen MR) is 62.0 cm³/mol. The zero-order valence-corrected chi connectivity index (χ0v) is 11.1. The van der Waals surface area contributed by atoms with Gasteiger partial charge in [-0.1, -0.05) is 0 Å². The fourth-order valence-corrected chi connectivity index (χ4v) is 1.30. The van der Waals surface area contributed by atoms with Crippen LogP contribution in [0.3, 0.4) is 0 Å². The summed E-state index contributed by atoms with van der Waals surface area (Å²) in [5, 5.41) is 0. The lowest BCUT2D eigenvalue weighted by atomic mass is 10.0. The molecule has 0 aromatic carbocycles. The second-order valence-corrected chi connectivity index (χ2v) is 5.24. The van der Waals surface area contributed by atoms with Crippen LogP contribution in [-0.4, -0.2) is 31.5 Å². The van der Waals surface area contributed by atoms with Crippen molar-refractivity contribution < 1.29 is 18.9 Å². The van der Waals surface area contributed by atoms with Crippen LogP contribution in [0.5, 0.6) is 0 Å². The van der Waals surface area contributed by atoms with Crippen LogP contribution in [0.1, 0.15) is 47.0 Å². The van der Waals surface area contributed by atoms with E-state index in [0.29, 0.717) is 13.0 Å². The molecule has 0 rings (SSSR count). The van der Waals surface area contributed by atoms with Crippen molar-refractivity contribution in [3.05, 3.63) is 0 Å². The molecule has 0 saturated carbocycles. The molecule has 0 aliphatic heterocycles. The fraction of sp³-hybridized carbons (Fsp3) is 1.00. The number of methoxy groups -OCH3 is 1. The molecule has 0 fully saturated rings. The first-order chi connectivity index (χ1) is 7.33. The second kappa shape index (κ2) is 7.20. The van der Waals surface area contributed by atoms with Crippen LogP contribution in [0, 0.1) is 0 Å². The Morgan fingerprint density at radius 1 is 0.938 bits per heavy atom. The van der Waals surface area contributed by atoms with Crippen molar-refractivity contribution in [3.8, 4) is 0 Å². The van der Waals surface area contributed by atoms with E-state index in [-0.39, 0.29) is 17.8 Å². The van der Waals surface area contributed by atoms with Gasteiger partial charge in [0.05, 0.1) is 24.4 Å². The van der Waals surface area contributed by atoms with Crippen molar-refractivity contribution in [2.24, 2.45) is 0 Å². The third kappa shape index (κ3) is 8.02. The van der Waals surface area contributed by atoms with Crippen LogP contribution in [-0.2, 0) is 14.4 Å². The summed E-state index contributed by atoms with van der Waals surface area (Å²) in [6, 6.07) is 0. The third-order valence-corrected chi connectivity index (χ3v) is 2.75. The summed E-state index contributed by atoms with van der Waals surface area (Å²) in [4.78, 5) is 3.54. The Kier molecular flexibility index (Phi) is 7.11. The molecule has 0 aliphatic carbocycles. The standard InChI is InChI=1S/C12H25FO3/c1-11(2,14-5)8-10-15-12(3,4)7-6-9-16-13/h6-10H2,1-5H3. The summed E-state index contributed by atoms with van der Waals surface area (Å²) in [7, 11) is 1.70. The second-order valence-electron chi connectivity index (χ2n) is 5.24. The summed E-state index contributed by atoms with van der Waals surface area (Å²) in [5.74, 6) is 0. The van der Waals surface area contributed by atoms with Gasteiger partial charge in [-0.2, -0.15) is 4.94 Å². The maximum Gasteiger partial charge on any atom is 0.0877 e. The van der Waals surface area contributed by atoms with Gasteiger partial charge in [0, 0.05) is 7.11 Å². The number of hydrogen-bond acceptors (Lipinski definition) is 3. The lowest BCUT2D eigenvalue weighted by Crippen LogP contribution is -2.30. The number of hydrogen-bond donors (Lipinski definition) is 0. The topological polar surface area (TPSA) is 27.7 Å². The van der Waals surface area contributed by atoms with Crippen LogP contribution in [0.25, 0.3) is 0 Å². The van der Waals surface area contributed by atoms with Gasteiger partial charge in [0.2, 0.25) is 0 Å². The predicted octanol–water partition coefficient (Wildman–Crippen LogP) is 3.28. The Balaban J connectivity index is 3.73. The largest absolute Gasteiger partial charge is 0.379 e. The molecule has 0 aromatic heterocycles. The normalized spacial score (nSPS) is 13.1. The molecule has 0 atom stereocenters. The Morgan fingerprint density at radius 2 is 1.56 bits per heavy atom. The molecule has 0 heterocycles. The molecule has 0 aliphatic rings. The summed E-state index contributed by atoms with van der Waals surface area (Å²) >= 11 is 0. The molecule has 16 heavy (non-hydrogen) atoms. The quantitative estimate of drug-likeness (QED) is 0.575. The monoisotopic (exact) mass is 236 g/mol. The van der Waals surface area contributed by atoms with Crippen LogP contribution < -0.4 is 0 Å². The van der Waals surface area contributed by atoms with E-state index >= 15 is 0 Å². The van der Waals surface area contributed by atoms with Crippen LogP contribution in [0.2, 0.25) is 0 Å². The smallest absolute Gasteiger partial charge is 0.0877 e. The van der Waals surface area contributed by atoms with Gasteiger partial charge < -0.3 is 9.47 Å². The highest BCUT2D eigenvalue weighted by atomic mass is 19.3. The highest BCUT2D eigenvalue weighted by molar-refractivity contribution is 4.71. The zero-order valence-electron chi connectivity index (χ0n) is 11.1. The van der Waals surface area contributed by atoms with E-state index in [0.717, 1.165) is 12.8 Å². The first kappa shape index (κ1) is 15.8. The van der Waals surface area contributed by atoms with E-state index in [4.69, 9.17) is 9.47 Å². The molecule has 0 saturated heterocycles. The average molecular weight is 236 g/mol. The van der Waals surface area contributed by atoms with E-state index < -0.39 is 0 Å².